The molecule has 2 saturated heterocycles. The van der Waals surface area contributed by atoms with Crippen molar-refractivity contribution in [3.63, 3.8) is 0 Å². The van der Waals surface area contributed by atoms with Crippen molar-refractivity contribution in [3.05, 3.63) is 34.9 Å². The van der Waals surface area contributed by atoms with E-state index >= 15 is 0 Å². The number of fused-ring (bicyclic) bond motifs is 1. The first-order valence-electron chi connectivity index (χ1n) is 8.19. The molecule has 0 radical (unpaired) electrons. The normalized spacial score (nSPS) is 28.6. The number of benzene rings is 1. The molecule has 0 bridgehead atoms. The maximum absolute atomic E-state index is 12.9. The first-order valence-corrected chi connectivity index (χ1v) is 10.0. The molecule has 1 unspecified atom stereocenters. The summed E-state index contributed by atoms with van der Waals surface area (Å²) < 4.78 is 0. The number of thioether (sulfide) groups is 1. The minimum Gasteiger partial charge on any atom is -0.320 e. The summed E-state index contributed by atoms with van der Waals surface area (Å²) in [6.45, 7) is 0. The molecule has 3 nitrogen and oxygen atoms in total. The van der Waals surface area contributed by atoms with Crippen molar-refractivity contribution in [2.45, 2.75) is 49.6 Å². The number of hydrogen-bond donors (Lipinski definition) is 0. The number of nitrogens with zero attached hydrogens (tertiary/aromatic N) is 2. The highest BCUT2D eigenvalue weighted by Gasteiger charge is 2.52. The van der Waals surface area contributed by atoms with Crippen molar-refractivity contribution in [3.8, 4) is 0 Å². The van der Waals surface area contributed by atoms with Gasteiger partial charge in [0, 0.05) is 16.8 Å². The second-order valence-corrected chi connectivity index (χ2v) is 8.36. The van der Waals surface area contributed by atoms with Gasteiger partial charge in [-0.05, 0) is 42.8 Å². The number of halogens is 1. The average Bonchev–Trinajstić information content (AvgIpc) is 3.10. The summed E-state index contributed by atoms with van der Waals surface area (Å²) in [7, 11) is 0. The fourth-order valence-electron chi connectivity index (χ4n) is 3.87. The molecule has 122 valence electrons. The molecule has 0 N–H and O–H groups in total. The lowest BCUT2D eigenvalue weighted by Crippen LogP contribution is -2.42. The zero-order valence-electron chi connectivity index (χ0n) is 12.8. The molecular formula is C17H19ClN2OS2. The molecular weight excluding hydrogens is 348 g/mol. The van der Waals surface area contributed by atoms with Crippen LogP contribution in [0.1, 0.15) is 43.0 Å². The predicted octanol–water partition coefficient (Wildman–Crippen LogP) is 4.22. The van der Waals surface area contributed by atoms with Gasteiger partial charge >= 0.3 is 0 Å². The highest BCUT2D eigenvalue weighted by atomic mass is 35.5. The summed E-state index contributed by atoms with van der Waals surface area (Å²) in [6, 6.07) is 8.12. The first kappa shape index (κ1) is 15.7. The SMILES string of the molecule is O=C1[C@@H]2CSC(c3ccc(Cl)cc3)N2C(=S)N1C1CCCCC1. The van der Waals surface area contributed by atoms with Gasteiger partial charge in [0.15, 0.2) is 5.11 Å². The van der Waals surface area contributed by atoms with E-state index in [0.717, 1.165) is 28.7 Å². The van der Waals surface area contributed by atoms with Crippen LogP contribution in [0.25, 0.3) is 0 Å². The van der Waals surface area contributed by atoms with E-state index in [1.807, 2.05) is 29.2 Å². The van der Waals surface area contributed by atoms with Gasteiger partial charge in [-0.3, -0.25) is 9.69 Å². The van der Waals surface area contributed by atoms with Crippen LogP contribution in [-0.2, 0) is 4.79 Å². The van der Waals surface area contributed by atoms with Crippen molar-refractivity contribution >= 4 is 46.6 Å². The zero-order chi connectivity index (χ0) is 16.0. The number of thiocarbonyl (C=S) groups is 1. The van der Waals surface area contributed by atoms with Crippen LogP contribution in [0.4, 0.5) is 0 Å². The number of hydrogen-bond acceptors (Lipinski definition) is 3. The highest BCUT2D eigenvalue weighted by molar-refractivity contribution is 7.99. The predicted molar refractivity (Wildman–Crippen MR) is 98.6 cm³/mol. The van der Waals surface area contributed by atoms with Crippen LogP contribution in [0.5, 0.6) is 0 Å². The van der Waals surface area contributed by atoms with Crippen LogP contribution >= 0.6 is 35.6 Å². The van der Waals surface area contributed by atoms with E-state index in [-0.39, 0.29) is 17.3 Å². The van der Waals surface area contributed by atoms with E-state index in [0.29, 0.717) is 6.04 Å². The first-order chi connectivity index (χ1) is 11.2. The standard InChI is InChI=1S/C17H19ClN2OS2/c18-12-8-6-11(7-9-12)16-20-14(10-23-16)15(21)19(17(20)22)13-4-2-1-3-5-13/h6-9,13-14,16H,1-5,10H2/t14-,16?/m0/s1. The minimum absolute atomic E-state index is 0.0879. The summed E-state index contributed by atoms with van der Waals surface area (Å²) >= 11 is 13.5. The number of carbonyl (C=O) groups is 1. The Morgan fingerprint density at radius 3 is 2.52 bits per heavy atom. The third kappa shape index (κ3) is 2.67. The quantitative estimate of drug-likeness (QED) is 0.731. The summed E-state index contributed by atoms with van der Waals surface area (Å²) in [6.07, 6.45) is 5.87. The summed E-state index contributed by atoms with van der Waals surface area (Å²) in [4.78, 5) is 17.0. The number of carbonyl (C=O) groups excluding carboxylic acids is 1. The lowest BCUT2D eigenvalue weighted by atomic mass is 9.94. The third-order valence-electron chi connectivity index (χ3n) is 5.04. The lowest BCUT2D eigenvalue weighted by molar-refractivity contribution is -0.129. The van der Waals surface area contributed by atoms with Gasteiger partial charge in [-0.1, -0.05) is 43.0 Å². The molecule has 1 amide bonds. The van der Waals surface area contributed by atoms with E-state index in [2.05, 4.69) is 4.90 Å². The Morgan fingerprint density at radius 1 is 1.13 bits per heavy atom. The van der Waals surface area contributed by atoms with Crippen molar-refractivity contribution in [2.75, 3.05) is 5.75 Å². The second kappa shape index (κ2) is 6.26. The largest absolute Gasteiger partial charge is 0.320 e. The van der Waals surface area contributed by atoms with Gasteiger partial charge in [0.25, 0.3) is 5.91 Å². The van der Waals surface area contributed by atoms with Gasteiger partial charge in [0.1, 0.15) is 11.4 Å². The van der Waals surface area contributed by atoms with E-state index in [4.69, 9.17) is 23.8 Å². The van der Waals surface area contributed by atoms with E-state index < -0.39 is 0 Å². The highest BCUT2D eigenvalue weighted by Crippen LogP contribution is 2.46. The van der Waals surface area contributed by atoms with Crippen molar-refractivity contribution in [1.82, 2.24) is 9.80 Å². The molecule has 2 heterocycles. The van der Waals surface area contributed by atoms with Gasteiger partial charge in [0.2, 0.25) is 0 Å². The fraction of sp³-hybridized carbons (Fsp3) is 0.529. The van der Waals surface area contributed by atoms with Crippen LogP contribution in [-0.4, -0.2) is 38.7 Å². The minimum atomic E-state index is -0.0879. The van der Waals surface area contributed by atoms with Gasteiger partial charge in [-0.25, -0.2) is 0 Å². The van der Waals surface area contributed by atoms with Crippen LogP contribution < -0.4 is 0 Å². The van der Waals surface area contributed by atoms with Crippen LogP contribution in [0.15, 0.2) is 24.3 Å². The molecule has 1 saturated carbocycles. The van der Waals surface area contributed by atoms with Gasteiger partial charge in [-0.2, -0.15) is 0 Å². The molecule has 1 aromatic carbocycles. The number of amides is 1. The van der Waals surface area contributed by atoms with Crippen LogP contribution in [0, 0.1) is 0 Å². The Kier molecular flexibility index (Phi) is 4.28. The van der Waals surface area contributed by atoms with E-state index in [1.165, 1.54) is 24.8 Å². The monoisotopic (exact) mass is 366 g/mol. The molecule has 6 heteroatoms. The van der Waals surface area contributed by atoms with E-state index in [1.54, 1.807) is 11.8 Å². The molecule has 2 aliphatic heterocycles. The Hall–Kier alpha value is -0.780. The summed E-state index contributed by atoms with van der Waals surface area (Å²) in [5.74, 6) is 1.03. The van der Waals surface area contributed by atoms with Gasteiger partial charge < -0.3 is 4.90 Å². The fourth-order valence-corrected chi connectivity index (χ4v) is 5.96. The van der Waals surface area contributed by atoms with Crippen molar-refractivity contribution < 1.29 is 4.79 Å². The van der Waals surface area contributed by atoms with Gasteiger partial charge in [0.05, 0.1) is 0 Å². The molecule has 2 atom stereocenters. The van der Waals surface area contributed by atoms with Crippen molar-refractivity contribution in [1.29, 1.82) is 0 Å². The Morgan fingerprint density at radius 2 is 1.83 bits per heavy atom. The molecule has 3 aliphatic rings. The third-order valence-corrected chi connectivity index (χ3v) is 7.03. The Bertz CT molecular complexity index is 630. The van der Waals surface area contributed by atoms with E-state index in [9.17, 15) is 4.79 Å². The van der Waals surface area contributed by atoms with Gasteiger partial charge in [-0.15, -0.1) is 11.8 Å². The maximum atomic E-state index is 12.9. The maximum Gasteiger partial charge on any atom is 0.252 e. The molecule has 0 spiro atoms. The molecule has 23 heavy (non-hydrogen) atoms. The molecule has 0 aromatic heterocycles. The van der Waals surface area contributed by atoms with Crippen LogP contribution in [0.2, 0.25) is 5.02 Å². The molecule has 1 aromatic rings. The number of rotatable bonds is 2. The lowest BCUT2D eigenvalue weighted by Gasteiger charge is -2.32. The Balaban J connectivity index is 1.60. The molecule has 1 aliphatic carbocycles. The van der Waals surface area contributed by atoms with Crippen molar-refractivity contribution in [2.24, 2.45) is 0 Å². The average molecular weight is 367 g/mol. The second-order valence-electron chi connectivity index (χ2n) is 6.44. The molecule has 3 fully saturated rings. The smallest absolute Gasteiger partial charge is 0.252 e. The Labute approximate surface area is 151 Å². The summed E-state index contributed by atoms with van der Waals surface area (Å²) in [5, 5.41) is 1.59. The van der Waals surface area contributed by atoms with Crippen LogP contribution in [0.3, 0.4) is 0 Å². The topological polar surface area (TPSA) is 23.6 Å². The summed E-state index contributed by atoms with van der Waals surface area (Å²) in [5.41, 5.74) is 1.17. The molecule has 4 rings (SSSR count). The zero-order valence-corrected chi connectivity index (χ0v) is 15.2.